The van der Waals surface area contributed by atoms with Crippen molar-refractivity contribution < 1.29 is 17.6 Å². The standard InChI is InChI=1S/C12H4Cl3F4N/c13-7-3-1-5(9(14)10(7)15)6-2-4-8(12(17,18)19)20-11(6)16/h1-4H. The van der Waals surface area contributed by atoms with Gasteiger partial charge in [-0.15, -0.1) is 0 Å². The van der Waals surface area contributed by atoms with Crippen molar-refractivity contribution in [1.29, 1.82) is 0 Å². The molecule has 0 aliphatic carbocycles. The summed E-state index contributed by atoms with van der Waals surface area (Å²) in [7, 11) is 0. The van der Waals surface area contributed by atoms with E-state index < -0.39 is 17.8 Å². The van der Waals surface area contributed by atoms with E-state index in [2.05, 4.69) is 4.98 Å². The van der Waals surface area contributed by atoms with Gasteiger partial charge >= 0.3 is 6.18 Å². The van der Waals surface area contributed by atoms with Crippen LogP contribution in [0.25, 0.3) is 11.1 Å². The third-order valence-corrected chi connectivity index (χ3v) is 3.76. The van der Waals surface area contributed by atoms with Gasteiger partial charge in [0.1, 0.15) is 5.69 Å². The fourth-order valence-electron chi connectivity index (χ4n) is 1.53. The second kappa shape index (κ2) is 5.39. The number of hydrogen-bond donors (Lipinski definition) is 0. The Morgan fingerprint density at radius 1 is 0.850 bits per heavy atom. The Bertz CT molecular complexity index is 670. The molecule has 0 aliphatic heterocycles. The predicted molar refractivity (Wildman–Crippen MR) is 69.7 cm³/mol. The lowest BCUT2D eigenvalue weighted by molar-refractivity contribution is -0.141. The van der Waals surface area contributed by atoms with E-state index in [0.717, 1.165) is 6.07 Å². The molecule has 1 aromatic carbocycles. The first kappa shape index (κ1) is 15.4. The summed E-state index contributed by atoms with van der Waals surface area (Å²) < 4.78 is 50.9. The molecular formula is C12H4Cl3F4N. The molecule has 0 spiro atoms. The maximum Gasteiger partial charge on any atom is 0.433 e. The summed E-state index contributed by atoms with van der Waals surface area (Å²) in [4.78, 5) is 2.89. The van der Waals surface area contributed by atoms with Crippen LogP contribution < -0.4 is 0 Å². The van der Waals surface area contributed by atoms with Gasteiger partial charge in [-0.3, -0.25) is 0 Å². The van der Waals surface area contributed by atoms with Crippen molar-refractivity contribution >= 4 is 34.8 Å². The average Bonchev–Trinajstić information content (AvgIpc) is 2.36. The van der Waals surface area contributed by atoms with E-state index in [9.17, 15) is 17.6 Å². The molecule has 0 saturated carbocycles. The summed E-state index contributed by atoms with van der Waals surface area (Å²) in [6.45, 7) is 0. The van der Waals surface area contributed by atoms with Crippen LogP contribution in [0, 0.1) is 5.95 Å². The van der Waals surface area contributed by atoms with Crippen molar-refractivity contribution in [3.63, 3.8) is 0 Å². The van der Waals surface area contributed by atoms with Crippen molar-refractivity contribution in [2.24, 2.45) is 0 Å². The molecule has 106 valence electrons. The molecular weight excluding hydrogens is 340 g/mol. The molecule has 2 rings (SSSR count). The molecule has 0 bridgehead atoms. The molecule has 0 saturated heterocycles. The Kier molecular flexibility index (Phi) is 4.14. The van der Waals surface area contributed by atoms with Gasteiger partial charge < -0.3 is 0 Å². The number of hydrogen-bond acceptors (Lipinski definition) is 1. The molecule has 1 heterocycles. The van der Waals surface area contributed by atoms with Crippen LogP contribution in [0.3, 0.4) is 0 Å². The average molecular weight is 345 g/mol. The first-order chi connectivity index (χ1) is 9.21. The zero-order chi connectivity index (χ0) is 15.1. The minimum absolute atomic E-state index is 0.00914. The quantitative estimate of drug-likeness (QED) is 0.358. The van der Waals surface area contributed by atoms with Crippen molar-refractivity contribution in [2.75, 3.05) is 0 Å². The van der Waals surface area contributed by atoms with E-state index in [1.807, 2.05) is 0 Å². The molecule has 0 fully saturated rings. The molecule has 20 heavy (non-hydrogen) atoms. The number of alkyl halides is 3. The van der Waals surface area contributed by atoms with Crippen LogP contribution in [0.5, 0.6) is 0 Å². The van der Waals surface area contributed by atoms with Gasteiger partial charge in [0.2, 0.25) is 5.95 Å². The van der Waals surface area contributed by atoms with Crippen molar-refractivity contribution in [1.82, 2.24) is 4.98 Å². The fourth-order valence-corrected chi connectivity index (χ4v) is 2.16. The number of pyridine rings is 1. The van der Waals surface area contributed by atoms with Crippen LogP contribution >= 0.6 is 34.8 Å². The van der Waals surface area contributed by atoms with Gasteiger partial charge in [0.25, 0.3) is 0 Å². The largest absolute Gasteiger partial charge is 0.433 e. The van der Waals surface area contributed by atoms with Gasteiger partial charge in [-0.2, -0.15) is 17.6 Å². The molecule has 8 heteroatoms. The summed E-state index contributed by atoms with van der Waals surface area (Å²) in [5.74, 6) is -1.29. The molecule has 2 aromatic rings. The fraction of sp³-hybridized carbons (Fsp3) is 0.0833. The maximum atomic E-state index is 13.7. The van der Waals surface area contributed by atoms with E-state index >= 15 is 0 Å². The highest BCUT2D eigenvalue weighted by molar-refractivity contribution is 6.49. The lowest BCUT2D eigenvalue weighted by atomic mass is 10.1. The minimum atomic E-state index is -4.72. The SMILES string of the molecule is Fc1nc(C(F)(F)F)ccc1-c1ccc(Cl)c(Cl)c1Cl. The molecule has 0 radical (unpaired) electrons. The van der Waals surface area contributed by atoms with Crippen molar-refractivity contribution in [3.05, 3.63) is 51.0 Å². The van der Waals surface area contributed by atoms with Crippen LogP contribution in [0.4, 0.5) is 17.6 Å². The second-order valence-corrected chi connectivity index (χ2v) is 4.92. The first-order valence-corrected chi connectivity index (χ1v) is 6.23. The van der Waals surface area contributed by atoms with E-state index in [1.54, 1.807) is 0 Å². The molecule has 0 aliphatic rings. The zero-order valence-corrected chi connectivity index (χ0v) is 11.7. The molecule has 0 unspecified atom stereocenters. The van der Waals surface area contributed by atoms with Gasteiger partial charge in [0.05, 0.1) is 15.1 Å². The van der Waals surface area contributed by atoms with Crippen LogP contribution in [0.1, 0.15) is 5.69 Å². The highest BCUT2D eigenvalue weighted by Crippen LogP contribution is 2.39. The van der Waals surface area contributed by atoms with E-state index in [1.165, 1.54) is 12.1 Å². The lowest BCUT2D eigenvalue weighted by Gasteiger charge is -2.10. The summed E-state index contributed by atoms with van der Waals surface area (Å²) in [6, 6.07) is 4.32. The summed E-state index contributed by atoms with van der Waals surface area (Å²) >= 11 is 17.4. The highest BCUT2D eigenvalue weighted by atomic mass is 35.5. The Morgan fingerprint density at radius 3 is 2.00 bits per heavy atom. The Balaban J connectivity index is 2.58. The number of rotatable bonds is 1. The topological polar surface area (TPSA) is 12.9 Å². The smallest absolute Gasteiger partial charge is 0.215 e. The highest BCUT2D eigenvalue weighted by Gasteiger charge is 2.33. The van der Waals surface area contributed by atoms with Crippen LogP contribution in [0.15, 0.2) is 24.3 Å². The number of aromatic nitrogens is 1. The summed E-state index contributed by atoms with van der Waals surface area (Å²) in [6.07, 6.45) is -4.72. The third kappa shape index (κ3) is 2.85. The van der Waals surface area contributed by atoms with Gasteiger partial charge in [0, 0.05) is 11.1 Å². The number of nitrogens with zero attached hydrogens (tertiary/aromatic N) is 1. The van der Waals surface area contributed by atoms with E-state index in [-0.39, 0.29) is 26.2 Å². The molecule has 0 amide bonds. The molecule has 1 aromatic heterocycles. The first-order valence-electron chi connectivity index (χ1n) is 5.09. The molecule has 0 N–H and O–H groups in total. The van der Waals surface area contributed by atoms with Gasteiger partial charge in [-0.25, -0.2) is 4.98 Å². The van der Waals surface area contributed by atoms with Crippen LogP contribution in [-0.4, -0.2) is 4.98 Å². The second-order valence-electron chi connectivity index (χ2n) is 3.76. The Hall–Kier alpha value is -1.04. The van der Waals surface area contributed by atoms with Crippen molar-refractivity contribution in [3.8, 4) is 11.1 Å². The van der Waals surface area contributed by atoms with Gasteiger partial charge in [0.15, 0.2) is 0 Å². The van der Waals surface area contributed by atoms with E-state index in [4.69, 9.17) is 34.8 Å². The van der Waals surface area contributed by atoms with Gasteiger partial charge in [-0.1, -0.05) is 40.9 Å². The molecule has 0 atom stereocenters. The molecule has 1 nitrogen and oxygen atoms in total. The predicted octanol–water partition coefficient (Wildman–Crippen LogP) is 5.87. The summed E-state index contributed by atoms with van der Waals surface area (Å²) in [5.41, 5.74) is -1.41. The van der Waals surface area contributed by atoms with E-state index in [0.29, 0.717) is 6.07 Å². The maximum absolute atomic E-state index is 13.7. The number of halogens is 7. The van der Waals surface area contributed by atoms with Crippen LogP contribution in [-0.2, 0) is 6.18 Å². The summed E-state index contributed by atoms with van der Waals surface area (Å²) in [5, 5.41) is 0.0884. The Labute approximate surface area is 126 Å². The number of benzene rings is 1. The van der Waals surface area contributed by atoms with Gasteiger partial charge in [-0.05, 0) is 18.2 Å². The zero-order valence-electron chi connectivity index (χ0n) is 9.40. The lowest BCUT2D eigenvalue weighted by Crippen LogP contribution is -2.09. The third-order valence-electron chi connectivity index (χ3n) is 2.46. The van der Waals surface area contributed by atoms with Crippen LogP contribution in [0.2, 0.25) is 15.1 Å². The minimum Gasteiger partial charge on any atom is -0.215 e. The monoisotopic (exact) mass is 343 g/mol. The van der Waals surface area contributed by atoms with Crippen molar-refractivity contribution in [2.45, 2.75) is 6.18 Å². The Morgan fingerprint density at radius 2 is 1.45 bits per heavy atom. The normalized spacial score (nSPS) is 11.8.